The molecule has 1 amide bonds. The first-order valence-electron chi connectivity index (χ1n) is 6.99. The maximum Gasteiger partial charge on any atom is 0.243 e. The summed E-state index contributed by atoms with van der Waals surface area (Å²) in [6.45, 7) is 2.71. The first-order chi connectivity index (χ1) is 9.93. The summed E-state index contributed by atoms with van der Waals surface area (Å²) in [5.74, 6) is -0.0753. The molecule has 0 aromatic heterocycles. The molecule has 1 fully saturated rings. The first kappa shape index (κ1) is 15.9. The van der Waals surface area contributed by atoms with Gasteiger partial charge < -0.3 is 11.1 Å². The Balaban J connectivity index is 2.05. The summed E-state index contributed by atoms with van der Waals surface area (Å²) in [6, 6.07) is 6.72. The summed E-state index contributed by atoms with van der Waals surface area (Å²) in [7, 11) is -3.46. The Hall–Kier alpha value is -1.44. The monoisotopic (exact) mass is 311 g/mol. The molecule has 1 aromatic carbocycles. The summed E-state index contributed by atoms with van der Waals surface area (Å²) in [5.41, 5.74) is 6.41. The van der Waals surface area contributed by atoms with Crippen LogP contribution in [-0.2, 0) is 21.4 Å². The molecule has 1 aliphatic rings. The number of sulfonamides is 1. The molecule has 2 rings (SSSR count). The first-order valence-corrected chi connectivity index (χ1v) is 8.44. The van der Waals surface area contributed by atoms with Crippen molar-refractivity contribution in [1.82, 2.24) is 9.62 Å². The third-order valence-corrected chi connectivity index (χ3v) is 5.57. The summed E-state index contributed by atoms with van der Waals surface area (Å²) >= 11 is 0. The smallest absolute Gasteiger partial charge is 0.243 e. The molecule has 1 aliphatic heterocycles. The van der Waals surface area contributed by atoms with Crippen molar-refractivity contribution in [2.24, 2.45) is 5.73 Å². The van der Waals surface area contributed by atoms with Crippen LogP contribution in [0, 0.1) is 0 Å². The van der Waals surface area contributed by atoms with E-state index in [-0.39, 0.29) is 16.8 Å². The minimum absolute atomic E-state index is 0.0635. The highest BCUT2D eigenvalue weighted by Crippen LogP contribution is 2.21. The maximum absolute atomic E-state index is 12.5. The number of carbonyl (C=O) groups is 1. The molecular weight excluding hydrogens is 290 g/mol. The molecule has 0 saturated carbocycles. The Bertz CT molecular complexity index is 590. The van der Waals surface area contributed by atoms with Gasteiger partial charge >= 0.3 is 0 Å². The largest absolute Gasteiger partial charge is 0.354 e. The van der Waals surface area contributed by atoms with E-state index in [2.05, 4.69) is 5.32 Å². The van der Waals surface area contributed by atoms with Gasteiger partial charge in [0.05, 0.1) is 4.90 Å². The number of rotatable bonds is 4. The lowest BCUT2D eigenvalue weighted by atomic mass is 10.1. The van der Waals surface area contributed by atoms with Gasteiger partial charge in [0, 0.05) is 32.6 Å². The van der Waals surface area contributed by atoms with E-state index < -0.39 is 10.0 Å². The van der Waals surface area contributed by atoms with E-state index in [9.17, 15) is 13.2 Å². The molecule has 0 bridgehead atoms. The second-order valence-electron chi connectivity index (χ2n) is 5.23. The number of hydrogen-bond donors (Lipinski definition) is 2. The quantitative estimate of drug-likeness (QED) is 0.843. The average molecular weight is 311 g/mol. The summed E-state index contributed by atoms with van der Waals surface area (Å²) in [5, 5.41) is 2.83. The van der Waals surface area contributed by atoms with Crippen LogP contribution in [0.4, 0.5) is 0 Å². The molecule has 6 nitrogen and oxygen atoms in total. The molecule has 0 atom stereocenters. The SMILES string of the molecule is CC(=O)NC1CCN(S(=O)(=O)c2ccc(CN)cc2)CC1. The summed E-state index contributed by atoms with van der Waals surface area (Å²) in [6.07, 6.45) is 1.28. The van der Waals surface area contributed by atoms with Crippen LogP contribution in [0.15, 0.2) is 29.2 Å². The molecule has 1 aromatic rings. The number of piperidine rings is 1. The normalized spacial score (nSPS) is 17.6. The molecule has 3 N–H and O–H groups in total. The Morgan fingerprint density at radius 3 is 2.33 bits per heavy atom. The van der Waals surface area contributed by atoms with E-state index in [0.29, 0.717) is 32.5 Å². The van der Waals surface area contributed by atoms with Gasteiger partial charge in [-0.05, 0) is 30.5 Å². The van der Waals surface area contributed by atoms with Crippen LogP contribution in [0.2, 0.25) is 0 Å². The van der Waals surface area contributed by atoms with Crippen molar-refractivity contribution >= 4 is 15.9 Å². The fraction of sp³-hybridized carbons (Fsp3) is 0.500. The van der Waals surface area contributed by atoms with Crippen LogP contribution < -0.4 is 11.1 Å². The van der Waals surface area contributed by atoms with Crippen LogP contribution in [-0.4, -0.2) is 37.8 Å². The molecule has 1 saturated heterocycles. The molecule has 7 heteroatoms. The number of nitrogens with zero attached hydrogens (tertiary/aromatic N) is 1. The van der Waals surface area contributed by atoms with E-state index in [4.69, 9.17) is 5.73 Å². The Labute approximate surface area is 125 Å². The number of hydrogen-bond acceptors (Lipinski definition) is 4. The standard InChI is InChI=1S/C14H21N3O3S/c1-11(18)16-13-6-8-17(9-7-13)21(19,20)14-4-2-12(10-15)3-5-14/h2-5,13H,6-10,15H2,1H3,(H,16,18). The van der Waals surface area contributed by atoms with Gasteiger partial charge in [0.2, 0.25) is 15.9 Å². The van der Waals surface area contributed by atoms with Gasteiger partial charge in [-0.25, -0.2) is 8.42 Å². The molecule has 0 radical (unpaired) electrons. The lowest BCUT2D eigenvalue weighted by Gasteiger charge is -2.31. The van der Waals surface area contributed by atoms with Crippen molar-refractivity contribution in [3.63, 3.8) is 0 Å². The topological polar surface area (TPSA) is 92.5 Å². The zero-order chi connectivity index (χ0) is 15.5. The maximum atomic E-state index is 12.5. The minimum atomic E-state index is -3.46. The highest BCUT2D eigenvalue weighted by molar-refractivity contribution is 7.89. The van der Waals surface area contributed by atoms with Gasteiger partial charge in [0.15, 0.2) is 0 Å². The Kier molecular flexibility index (Phi) is 4.97. The highest BCUT2D eigenvalue weighted by Gasteiger charge is 2.29. The number of nitrogens with two attached hydrogens (primary N) is 1. The van der Waals surface area contributed by atoms with Crippen molar-refractivity contribution in [2.45, 2.75) is 37.2 Å². The fourth-order valence-electron chi connectivity index (χ4n) is 2.47. The van der Waals surface area contributed by atoms with Crippen LogP contribution in [0.1, 0.15) is 25.3 Å². The minimum Gasteiger partial charge on any atom is -0.354 e. The van der Waals surface area contributed by atoms with Crippen LogP contribution in [0.5, 0.6) is 0 Å². The average Bonchev–Trinajstić information content (AvgIpc) is 2.47. The number of nitrogens with one attached hydrogen (secondary N) is 1. The van der Waals surface area contributed by atoms with Gasteiger partial charge in [-0.15, -0.1) is 0 Å². The Morgan fingerprint density at radius 1 is 1.29 bits per heavy atom. The van der Waals surface area contributed by atoms with Gasteiger partial charge in [-0.2, -0.15) is 4.31 Å². The van der Waals surface area contributed by atoms with E-state index in [1.165, 1.54) is 11.2 Å². The predicted octanol–water partition coefficient (Wildman–Crippen LogP) is 0.435. The van der Waals surface area contributed by atoms with Crippen molar-refractivity contribution < 1.29 is 13.2 Å². The number of carbonyl (C=O) groups excluding carboxylic acids is 1. The fourth-order valence-corrected chi connectivity index (χ4v) is 3.94. The van der Waals surface area contributed by atoms with Crippen molar-refractivity contribution in [2.75, 3.05) is 13.1 Å². The molecule has 1 heterocycles. The van der Waals surface area contributed by atoms with Gasteiger partial charge in [-0.1, -0.05) is 12.1 Å². The summed E-state index contributed by atoms with van der Waals surface area (Å²) < 4.78 is 26.5. The Morgan fingerprint density at radius 2 is 1.86 bits per heavy atom. The van der Waals surface area contributed by atoms with Gasteiger partial charge in [-0.3, -0.25) is 4.79 Å². The van der Waals surface area contributed by atoms with Crippen molar-refractivity contribution in [3.05, 3.63) is 29.8 Å². The summed E-state index contributed by atoms with van der Waals surface area (Å²) in [4.78, 5) is 11.3. The van der Waals surface area contributed by atoms with E-state index in [1.54, 1.807) is 24.3 Å². The molecule has 21 heavy (non-hydrogen) atoms. The van der Waals surface area contributed by atoms with Crippen LogP contribution in [0.3, 0.4) is 0 Å². The molecule has 0 aliphatic carbocycles. The van der Waals surface area contributed by atoms with E-state index in [0.717, 1.165) is 5.56 Å². The molecular formula is C14H21N3O3S. The second-order valence-corrected chi connectivity index (χ2v) is 7.16. The van der Waals surface area contributed by atoms with E-state index >= 15 is 0 Å². The molecule has 116 valence electrons. The number of amides is 1. The van der Waals surface area contributed by atoms with Gasteiger partial charge in [0.1, 0.15) is 0 Å². The third-order valence-electron chi connectivity index (χ3n) is 3.66. The third kappa shape index (κ3) is 3.81. The van der Waals surface area contributed by atoms with Crippen molar-refractivity contribution in [3.8, 4) is 0 Å². The lowest BCUT2D eigenvalue weighted by molar-refractivity contribution is -0.119. The van der Waals surface area contributed by atoms with E-state index in [1.807, 2.05) is 0 Å². The molecule has 0 unspecified atom stereocenters. The zero-order valence-electron chi connectivity index (χ0n) is 12.1. The second kappa shape index (κ2) is 6.55. The number of benzene rings is 1. The predicted molar refractivity (Wildman–Crippen MR) is 79.9 cm³/mol. The van der Waals surface area contributed by atoms with Crippen LogP contribution in [0.25, 0.3) is 0 Å². The van der Waals surface area contributed by atoms with Crippen molar-refractivity contribution in [1.29, 1.82) is 0 Å². The van der Waals surface area contributed by atoms with Crippen LogP contribution >= 0.6 is 0 Å². The lowest BCUT2D eigenvalue weighted by Crippen LogP contribution is -2.45. The molecule has 0 spiro atoms. The highest BCUT2D eigenvalue weighted by atomic mass is 32.2. The van der Waals surface area contributed by atoms with Gasteiger partial charge in [0.25, 0.3) is 0 Å². The zero-order valence-corrected chi connectivity index (χ0v) is 12.9.